The molecule has 2 aliphatic rings. The van der Waals surface area contributed by atoms with Crippen molar-refractivity contribution in [2.45, 2.75) is 71.2 Å². The van der Waals surface area contributed by atoms with Gasteiger partial charge < -0.3 is 24.9 Å². The number of β-amino-alcohol motifs (C(OH)–C–C–N with tert-alkyl or cyclic N) is 1. The molecule has 0 radical (unpaired) electrons. The molecule has 10 heteroatoms. The first-order chi connectivity index (χ1) is 19.3. The van der Waals surface area contributed by atoms with Gasteiger partial charge in [0.15, 0.2) is 12.2 Å². The Kier molecular flexibility index (Phi) is 9.24. The molecule has 0 bridgehead atoms. The molecule has 5 rings (SSSR count). The van der Waals surface area contributed by atoms with Gasteiger partial charge in [-0.3, -0.25) is 9.69 Å². The van der Waals surface area contributed by atoms with Gasteiger partial charge in [-0.15, -0.1) is 0 Å². The largest absolute Gasteiger partial charge is 0.484 e. The highest BCUT2D eigenvalue weighted by Crippen LogP contribution is 2.34. The number of pyridine rings is 1. The van der Waals surface area contributed by atoms with Gasteiger partial charge in [-0.25, -0.2) is 9.97 Å². The minimum Gasteiger partial charge on any atom is -0.484 e. The summed E-state index contributed by atoms with van der Waals surface area (Å²) in [6.45, 7) is 6.59. The molecule has 3 aromatic rings. The molecule has 2 aromatic heterocycles. The highest BCUT2D eigenvalue weighted by atomic mass is 35.5. The van der Waals surface area contributed by atoms with Crippen LogP contribution in [0, 0.1) is 5.92 Å². The molecular formula is C30H38ClN5O4. The number of aliphatic hydroxyl groups is 1. The summed E-state index contributed by atoms with van der Waals surface area (Å²) in [5, 5.41) is 17.7. The Morgan fingerprint density at radius 1 is 1.30 bits per heavy atom. The van der Waals surface area contributed by atoms with Crippen molar-refractivity contribution in [3.05, 3.63) is 70.0 Å². The third kappa shape index (κ3) is 7.33. The Labute approximate surface area is 240 Å². The molecule has 1 aliphatic heterocycles. The van der Waals surface area contributed by atoms with Crippen LogP contribution >= 0.6 is 11.6 Å². The molecule has 0 saturated heterocycles. The topological polar surface area (TPSA) is 113 Å². The van der Waals surface area contributed by atoms with Gasteiger partial charge in [0.1, 0.15) is 18.2 Å². The number of anilines is 1. The Balaban J connectivity index is 1.13. The lowest BCUT2D eigenvalue weighted by Crippen LogP contribution is -2.42. The van der Waals surface area contributed by atoms with Gasteiger partial charge in [-0.2, -0.15) is 0 Å². The minimum absolute atomic E-state index is 0.171. The molecule has 1 unspecified atom stereocenters. The molecule has 1 aromatic carbocycles. The first kappa shape index (κ1) is 28.4. The Morgan fingerprint density at radius 3 is 2.88 bits per heavy atom. The van der Waals surface area contributed by atoms with Gasteiger partial charge in [0.05, 0.1) is 17.3 Å². The maximum absolute atomic E-state index is 13.0. The van der Waals surface area contributed by atoms with E-state index in [2.05, 4.69) is 34.4 Å². The summed E-state index contributed by atoms with van der Waals surface area (Å²) in [4.78, 5) is 23.8. The quantitative estimate of drug-likeness (QED) is 0.291. The number of halogens is 1. The number of carbonyl (C=O) groups is 1. The third-order valence-electron chi connectivity index (χ3n) is 7.41. The van der Waals surface area contributed by atoms with Gasteiger partial charge >= 0.3 is 0 Å². The number of nitrogens with zero attached hydrogens (tertiary/aromatic N) is 3. The van der Waals surface area contributed by atoms with Crippen LogP contribution in [0.3, 0.4) is 0 Å². The lowest BCUT2D eigenvalue weighted by atomic mass is 9.93. The zero-order chi connectivity index (χ0) is 28.1. The van der Waals surface area contributed by atoms with Crippen LogP contribution in [0.2, 0.25) is 5.02 Å². The molecule has 3 heterocycles. The van der Waals surface area contributed by atoms with E-state index in [0.717, 1.165) is 54.9 Å². The molecule has 40 heavy (non-hydrogen) atoms. The molecule has 9 nitrogen and oxygen atoms in total. The smallest absolute Gasteiger partial charge is 0.251 e. The predicted molar refractivity (Wildman–Crippen MR) is 154 cm³/mol. The number of aromatic nitrogens is 2. The van der Waals surface area contributed by atoms with Crippen molar-refractivity contribution < 1.29 is 19.1 Å². The second-order valence-corrected chi connectivity index (χ2v) is 11.6. The van der Waals surface area contributed by atoms with Crippen molar-refractivity contribution in [3.8, 4) is 5.75 Å². The van der Waals surface area contributed by atoms with Crippen LogP contribution in [-0.2, 0) is 26.0 Å². The summed E-state index contributed by atoms with van der Waals surface area (Å²) in [5.74, 6) is 2.24. The van der Waals surface area contributed by atoms with Crippen molar-refractivity contribution in [3.63, 3.8) is 0 Å². The Hall–Kier alpha value is -3.14. The summed E-state index contributed by atoms with van der Waals surface area (Å²) in [6, 6.07) is 8.00. The fourth-order valence-electron chi connectivity index (χ4n) is 5.13. The van der Waals surface area contributed by atoms with Crippen molar-refractivity contribution in [2.75, 3.05) is 25.0 Å². The van der Waals surface area contributed by atoms with E-state index in [1.807, 2.05) is 24.3 Å². The monoisotopic (exact) mass is 567 g/mol. The number of nitrogens with one attached hydrogen (secondary N) is 2. The van der Waals surface area contributed by atoms with Gasteiger partial charge in [0.25, 0.3) is 5.91 Å². The average molecular weight is 568 g/mol. The van der Waals surface area contributed by atoms with Gasteiger partial charge in [0, 0.05) is 43.5 Å². The normalized spacial score (nSPS) is 16.3. The van der Waals surface area contributed by atoms with Crippen molar-refractivity contribution in [1.29, 1.82) is 0 Å². The number of ether oxygens (including phenoxy) is 1. The highest BCUT2D eigenvalue weighted by molar-refractivity contribution is 6.33. The highest BCUT2D eigenvalue weighted by Gasteiger charge is 2.23. The number of amides is 1. The summed E-state index contributed by atoms with van der Waals surface area (Å²) >= 11 is 6.66. The predicted octanol–water partition coefficient (Wildman–Crippen LogP) is 4.61. The molecule has 1 amide bonds. The van der Waals surface area contributed by atoms with Crippen molar-refractivity contribution in [1.82, 2.24) is 20.2 Å². The third-order valence-corrected chi connectivity index (χ3v) is 7.83. The molecule has 1 fully saturated rings. The van der Waals surface area contributed by atoms with Crippen LogP contribution in [0.5, 0.6) is 5.75 Å². The maximum atomic E-state index is 13.0. The molecule has 1 atom stereocenters. The fourth-order valence-corrected chi connectivity index (χ4v) is 5.46. The summed E-state index contributed by atoms with van der Waals surface area (Å²) < 4.78 is 11.0. The van der Waals surface area contributed by atoms with E-state index < -0.39 is 6.10 Å². The second kappa shape index (κ2) is 13.0. The number of hydrogen-bond donors (Lipinski definition) is 3. The molecule has 1 aliphatic carbocycles. The number of aliphatic hydroxyl groups excluding tert-OH is 1. The van der Waals surface area contributed by atoms with E-state index in [-0.39, 0.29) is 19.1 Å². The molecule has 3 N–H and O–H groups in total. The molecule has 0 spiro atoms. The lowest BCUT2D eigenvalue weighted by Gasteiger charge is -2.31. The van der Waals surface area contributed by atoms with Gasteiger partial charge in [0.2, 0.25) is 0 Å². The Bertz CT molecular complexity index is 1300. The number of fused-ring (bicyclic) bond motifs is 1. The van der Waals surface area contributed by atoms with Crippen LogP contribution < -0.4 is 15.4 Å². The maximum Gasteiger partial charge on any atom is 0.251 e. The van der Waals surface area contributed by atoms with Crippen LogP contribution in [0.25, 0.3) is 0 Å². The van der Waals surface area contributed by atoms with E-state index in [9.17, 15) is 9.90 Å². The molecule has 214 valence electrons. The number of hydrogen-bond acceptors (Lipinski definition) is 8. The number of benzene rings is 1. The lowest BCUT2D eigenvalue weighted by molar-refractivity contribution is 0.0841. The zero-order valence-electron chi connectivity index (χ0n) is 23.2. The van der Waals surface area contributed by atoms with E-state index in [4.69, 9.17) is 25.7 Å². The van der Waals surface area contributed by atoms with E-state index in [0.29, 0.717) is 47.1 Å². The van der Waals surface area contributed by atoms with Crippen LogP contribution in [0.1, 0.15) is 66.0 Å². The average Bonchev–Trinajstić information content (AvgIpc) is 3.42. The first-order valence-corrected chi connectivity index (χ1v) is 14.5. The fraction of sp³-hybridized carbons (Fsp3) is 0.500. The van der Waals surface area contributed by atoms with Crippen LogP contribution in [0.15, 0.2) is 41.3 Å². The van der Waals surface area contributed by atoms with E-state index in [1.54, 1.807) is 6.20 Å². The van der Waals surface area contributed by atoms with Crippen LogP contribution in [-0.4, -0.2) is 57.7 Å². The minimum atomic E-state index is -0.699. The summed E-state index contributed by atoms with van der Waals surface area (Å²) in [6.07, 6.45) is 7.33. The van der Waals surface area contributed by atoms with Crippen molar-refractivity contribution >= 4 is 23.3 Å². The SMILES string of the molecule is CC(C)Cc1cc(C(=O)NCC(O)CN2CCc3c(ccc(OCc4cnco4)c3Cl)C2)cc(NC2CCC2)n1. The van der Waals surface area contributed by atoms with Gasteiger partial charge in [-0.05, 0) is 67.3 Å². The second-order valence-electron chi connectivity index (χ2n) is 11.2. The van der Waals surface area contributed by atoms with E-state index >= 15 is 0 Å². The van der Waals surface area contributed by atoms with Crippen LogP contribution in [0.4, 0.5) is 5.82 Å². The Morgan fingerprint density at radius 2 is 2.15 bits per heavy atom. The number of carbonyl (C=O) groups excluding carboxylic acids is 1. The zero-order valence-corrected chi connectivity index (χ0v) is 23.9. The first-order valence-electron chi connectivity index (χ1n) is 14.1. The number of rotatable bonds is 12. The molecule has 1 saturated carbocycles. The number of oxazole rings is 1. The van der Waals surface area contributed by atoms with Gasteiger partial charge in [-0.1, -0.05) is 31.5 Å². The summed E-state index contributed by atoms with van der Waals surface area (Å²) in [5.41, 5.74) is 3.65. The van der Waals surface area contributed by atoms with Crippen molar-refractivity contribution in [2.24, 2.45) is 5.92 Å². The molecular weight excluding hydrogens is 530 g/mol. The summed E-state index contributed by atoms with van der Waals surface area (Å²) in [7, 11) is 0. The standard InChI is InChI=1S/C30H38ClN5O4/c1-19(2)10-23-11-21(12-28(35-23)34-22-4-3-5-22)30(38)33-13-24(37)16-36-9-8-26-20(15-36)6-7-27(29(26)31)39-17-25-14-32-18-40-25/h6-7,11-12,14,18-19,22,24,37H,3-5,8-10,13,15-17H2,1-2H3,(H,33,38)(H,34,35). The van der Waals surface area contributed by atoms with E-state index in [1.165, 1.54) is 12.8 Å².